The molecule has 0 saturated carbocycles. The Kier molecular flexibility index (Phi) is 5.27. The zero-order valence-electron chi connectivity index (χ0n) is 10.8. The highest BCUT2D eigenvalue weighted by molar-refractivity contribution is 8.07. The van der Waals surface area contributed by atoms with Crippen LogP contribution in [0.15, 0.2) is 24.3 Å². The molecule has 0 spiro atoms. The molecule has 0 aliphatic carbocycles. The number of thioether (sulfide) groups is 2. The predicted octanol–water partition coefficient (Wildman–Crippen LogP) is 3.36. The maximum Gasteiger partial charge on any atom is 0.124 e. The van der Waals surface area contributed by atoms with E-state index >= 15 is 0 Å². The van der Waals surface area contributed by atoms with Crippen LogP contribution in [0.4, 0.5) is 0 Å². The third kappa shape index (κ3) is 2.98. The van der Waals surface area contributed by atoms with Gasteiger partial charge in [0.1, 0.15) is 5.75 Å². The zero-order chi connectivity index (χ0) is 13.0. The van der Waals surface area contributed by atoms with Crippen molar-refractivity contribution >= 4 is 23.5 Å². The van der Waals surface area contributed by atoms with Gasteiger partial charge in [-0.05, 0) is 12.5 Å². The van der Waals surface area contributed by atoms with Gasteiger partial charge >= 0.3 is 0 Å². The third-order valence-electron chi connectivity index (χ3n) is 3.26. The van der Waals surface area contributed by atoms with E-state index in [1.807, 2.05) is 47.8 Å². The van der Waals surface area contributed by atoms with E-state index in [-0.39, 0.29) is 5.25 Å². The van der Waals surface area contributed by atoms with E-state index in [1.165, 1.54) is 5.75 Å². The summed E-state index contributed by atoms with van der Waals surface area (Å²) in [6, 6.07) is 7.79. The monoisotopic (exact) mass is 284 g/mol. The average Bonchev–Trinajstić information content (AvgIpc) is 2.46. The van der Waals surface area contributed by atoms with Crippen LogP contribution in [0.1, 0.15) is 25.0 Å². The van der Waals surface area contributed by atoms with Gasteiger partial charge < -0.3 is 9.84 Å². The van der Waals surface area contributed by atoms with Gasteiger partial charge in [0, 0.05) is 27.6 Å². The van der Waals surface area contributed by atoms with Crippen molar-refractivity contribution in [1.29, 1.82) is 0 Å². The van der Waals surface area contributed by atoms with Gasteiger partial charge in [0.25, 0.3) is 0 Å². The molecule has 3 unspecified atom stereocenters. The molecular formula is C14H20O2S2. The summed E-state index contributed by atoms with van der Waals surface area (Å²) in [5.41, 5.74) is 0.915. The summed E-state index contributed by atoms with van der Waals surface area (Å²) in [5, 5.41) is 11.4. The molecule has 4 heteroatoms. The van der Waals surface area contributed by atoms with E-state index in [9.17, 15) is 5.11 Å². The Bertz CT molecular complexity index is 384. The van der Waals surface area contributed by atoms with Crippen LogP contribution < -0.4 is 4.74 Å². The molecule has 100 valence electrons. The van der Waals surface area contributed by atoms with Crippen molar-refractivity contribution in [2.45, 2.75) is 29.9 Å². The summed E-state index contributed by atoms with van der Waals surface area (Å²) in [5.74, 6) is 3.10. The van der Waals surface area contributed by atoms with Crippen LogP contribution in [0.25, 0.3) is 0 Å². The molecule has 1 N–H and O–H groups in total. The van der Waals surface area contributed by atoms with Crippen molar-refractivity contribution in [3.05, 3.63) is 29.8 Å². The first kappa shape index (κ1) is 14.1. The minimum atomic E-state index is -0.441. The molecule has 2 nitrogen and oxygen atoms in total. The molecule has 18 heavy (non-hydrogen) atoms. The summed E-state index contributed by atoms with van der Waals surface area (Å²) >= 11 is 3.88. The van der Waals surface area contributed by atoms with Crippen molar-refractivity contribution in [3.63, 3.8) is 0 Å². The standard InChI is InChI=1S/C14H20O2S2/c1-3-12-14(18-9-8-17-12)13(15)10-6-4-5-7-11(10)16-2/h4-7,12-15H,3,8-9H2,1-2H3. The lowest BCUT2D eigenvalue weighted by molar-refractivity contribution is 0.168. The topological polar surface area (TPSA) is 29.5 Å². The lowest BCUT2D eigenvalue weighted by atomic mass is 10.0. The molecule has 1 aliphatic heterocycles. The summed E-state index contributed by atoms with van der Waals surface area (Å²) < 4.78 is 5.35. The highest BCUT2D eigenvalue weighted by Gasteiger charge is 2.33. The molecule has 1 saturated heterocycles. The number of para-hydroxylation sites is 1. The molecule has 1 aromatic rings. The molecule has 1 aromatic carbocycles. The second-order valence-electron chi connectivity index (χ2n) is 4.34. The van der Waals surface area contributed by atoms with E-state index in [2.05, 4.69) is 6.92 Å². The molecule has 1 fully saturated rings. The van der Waals surface area contributed by atoms with Gasteiger partial charge in [-0.3, -0.25) is 0 Å². The number of aliphatic hydroxyl groups is 1. The number of hydrogen-bond donors (Lipinski definition) is 1. The molecule has 3 atom stereocenters. The fourth-order valence-corrected chi connectivity index (χ4v) is 5.44. The summed E-state index contributed by atoms with van der Waals surface area (Å²) in [6.07, 6.45) is 0.665. The normalized spacial score (nSPS) is 25.7. The molecule has 0 amide bonds. The van der Waals surface area contributed by atoms with Crippen molar-refractivity contribution in [2.24, 2.45) is 0 Å². The van der Waals surface area contributed by atoms with E-state index in [0.29, 0.717) is 5.25 Å². The van der Waals surface area contributed by atoms with E-state index < -0.39 is 6.10 Å². The fraction of sp³-hybridized carbons (Fsp3) is 0.571. The summed E-state index contributed by atoms with van der Waals surface area (Å²) in [6.45, 7) is 2.20. The number of rotatable bonds is 4. The third-order valence-corrected chi connectivity index (χ3v) is 6.60. The SMILES string of the molecule is CCC1SCCSC1C(O)c1ccccc1OC. The maximum atomic E-state index is 10.6. The van der Waals surface area contributed by atoms with Gasteiger partial charge in [0.15, 0.2) is 0 Å². The lowest BCUT2D eigenvalue weighted by Gasteiger charge is -2.33. The Labute approximate surface area is 117 Å². The Balaban J connectivity index is 2.20. The zero-order valence-corrected chi connectivity index (χ0v) is 12.5. The van der Waals surface area contributed by atoms with E-state index in [4.69, 9.17) is 4.74 Å². The molecular weight excluding hydrogens is 264 g/mol. The van der Waals surface area contributed by atoms with Crippen LogP contribution in [0, 0.1) is 0 Å². The largest absolute Gasteiger partial charge is 0.496 e. The summed E-state index contributed by atoms with van der Waals surface area (Å²) in [7, 11) is 1.66. The van der Waals surface area contributed by atoms with Crippen LogP contribution in [0.3, 0.4) is 0 Å². The van der Waals surface area contributed by atoms with Crippen LogP contribution in [-0.2, 0) is 0 Å². The van der Waals surface area contributed by atoms with Gasteiger partial charge in [-0.15, -0.1) is 0 Å². The minimum Gasteiger partial charge on any atom is -0.496 e. The average molecular weight is 284 g/mol. The summed E-state index contributed by atoms with van der Waals surface area (Å²) in [4.78, 5) is 0. The first-order chi connectivity index (χ1) is 8.77. The second-order valence-corrected chi connectivity index (χ2v) is 6.97. The predicted molar refractivity (Wildman–Crippen MR) is 80.7 cm³/mol. The number of benzene rings is 1. The molecule has 0 radical (unpaired) electrons. The lowest BCUT2D eigenvalue weighted by Crippen LogP contribution is -2.31. The molecule has 1 heterocycles. The second kappa shape index (κ2) is 6.73. The van der Waals surface area contributed by atoms with Crippen LogP contribution in [-0.4, -0.2) is 34.2 Å². The Morgan fingerprint density at radius 3 is 2.78 bits per heavy atom. The van der Waals surface area contributed by atoms with Crippen molar-refractivity contribution < 1.29 is 9.84 Å². The fourth-order valence-electron chi connectivity index (χ4n) is 2.32. The van der Waals surface area contributed by atoms with Crippen LogP contribution >= 0.6 is 23.5 Å². The minimum absolute atomic E-state index is 0.269. The Morgan fingerprint density at radius 2 is 2.06 bits per heavy atom. The quantitative estimate of drug-likeness (QED) is 0.918. The number of methoxy groups -OCH3 is 1. The van der Waals surface area contributed by atoms with Crippen molar-refractivity contribution in [2.75, 3.05) is 18.6 Å². The van der Waals surface area contributed by atoms with E-state index in [1.54, 1.807) is 7.11 Å². The van der Waals surface area contributed by atoms with Crippen molar-refractivity contribution in [3.8, 4) is 5.75 Å². The van der Waals surface area contributed by atoms with Gasteiger partial charge in [-0.1, -0.05) is 25.1 Å². The van der Waals surface area contributed by atoms with Gasteiger partial charge in [0.2, 0.25) is 0 Å². The molecule has 0 bridgehead atoms. The Morgan fingerprint density at radius 1 is 1.33 bits per heavy atom. The maximum absolute atomic E-state index is 10.6. The van der Waals surface area contributed by atoms with Crippen molar-refractivity contribution in [1.82, 2.24) is 0 Å². The number of aliphatic hydroxyl groups excluding tert-OH is 1. The smallest absolute Gasteiger partial charge is 0.124 e. The molecule has 2 rings (SSSR count). The van der Waals surface area contributed by atoms with Gasteiger partial charge in [0.05, 0.1) is 13.2 Å². The number of hydrogen-bond acceptors (Lipinski definition) is 4. The first-order valence-electron chi connectivity index (χ1n) is 6.32. The highest BCUT2D eigenvalue weighted by Crippen LogP contribution is 2.42. The number of ether oxygens (including phenoxy) is 1. The van der Waals surface area contributed by atoms with Gasteiger partial charge in [-0.2, -0.15) is 23.5 Å². The van der Waals surface area contributed by atoms with Crippen LogP contribution in [0.5, 0.6) is 5.75 Å². The highest BCUT2D eigenvalue weighted by atomic mass is 32.2. The Hall–Kier alpha value is -0.320. The van der Waals surface area contributed by atoms with E-state index in [0.717, 1.165) is 23.5 Å². The van der Waals surface area contributed by atoms with Crippen LogP contribution in [0.2, 0.25) is 0 Å². The van der Waals surface area contributed by atoms with Gasteiger partial charge in [-0.25, -0.2) is 0 Å². The first-order valence-corrected chi connectivity index (χ1v) is 8.41. The molecule has 0 aromatic heterocycles. The molecule has 1 aliphatic rings.